The fourth-order valence-electron chi connectivity index (χ4n) is 1.51. The van der Waals surface area contributed by atoms with Crippen molar-refractivity contribution in [1.29, 1.82) is 0 Å². The van der Waals surface area contributed by atoms with E-state index < -0.39 is 0 Å². The van der Waals surface area contributed by atoms with Crippen molar-refractivity contribution in [3.05, 3.63) is 24.2 Å². The third kappa shape index (κ3) is 5.65. The van der Waals surface area contributed by atoms with Crippen LogP contribution in [0.15, 0.2) is 27.8 Å². The summed E-state index contributed by atoms with van der Waals surface area (Å²) in [5, 5.41) is 6.59. The molecule has 1 aromatic heterocycles. The predicted octanol–water partition coefficient (Wildman–Crippen LogP) is 1.72. The fraction of sp³-hybridized carbons (Fsp3) is 0.667. The summed E-state index contributed by atoms with van der Waals surface area (Å²) in [6.07, 6.45) is 2.56. The molecule has 0 unspecified atom stereocenters. The molecule has 0 atom stereocenters. The van der Waals surface area contributed by atoms with E-state index in [1.807, 2.05) is 12.1 Å². The molecule has 0 aliphatic carbocycles. The first-order valence-electron chi connectivity index (χ1n) is 7.17. The van der Waals surface area contributed by atoms with Crippen molar-refractivity contribution in [2.75, 3.05) is 33.7 Å². The lowest BCUT2D eigenvalue weighted by atomic mass is 10.1. The summed E-state index contributed by atoms with van der Waals surface area (Å²) in [4.78, 5) is 6.83. The molecule has 114 valence electrons. The molecule has 0 saturated carbocycles. The number of likely N-dealkylation sites (N-methyl/N-ethyl adjacent to an activating group) is 1. The van der Waals surface area contributed by atoms with Gasteiger partial charge < -0.3 is 20.0 Å². The van der Waals surface area contributed by atoms with Crippen molar-refractivity contribution in [2.45, 2.75) is 32.7 Å². The average molecular weight is 280 g/mol. The molecule has 0 aliphatic heterocycles. The number of furan rings is 1. The molecule has 0 amide bonds. The van der Waals surface area contributed by atoms with Crippen molar-refractivity contribution in [1.82, 2.24) is 15.5 Å². The summed E-state index contributed by atoms with van der Waals surface area (Å²) in [5.74, 6) is 1.84. The standard InChI is InChI=1S/C15H28N4O/c1-6-16-14(18-12-15(2,3)19(4)5)17-10-9-13-8-7-11-20-13/h7-8,11H,6,9-10,12H2,1-5H3,(H2,16,17,18). The number of nitrogens with one attached hydrogen (secondary N) is 2. The minimum atomic E-state index is 0.0450. The SMILES string of the molecule is CCNC(=NCC(C)(C)N(C)C)NCCc1ccco1. The molecule has 0 fully saturated rings. The highest BCUT2D eigenvalue weighted by molar-refractivity contribution is 5.79. The molecule has 1 rings (SSSR count). The molecule has 1 heterocycles. The van der Waals surface area contributed by atoms with Crippen molar-refractivity contribution < 1.29 is 4.42 Å². The third-order valence-electron chi connectivity index (χ3n) is 3.42. The molecule has 0 aliphatic rings. The summed E-state index contributed by atoms with van der Waals surface area (Å²) < 4.78 is 5.31. The smallest absolute Gasteiger partial charge is 0.191 e. The number of guanidine groups is 1. The lowest BCUT2D eigenvalue weighted by Gasteiger charge is -2.31. The minimum Gasteiger partial charge on any atom is -0.469 e. The van der Waals surface area contributed by atoms with Gasteiger partial charge in [-0.1, -0.05) is 0 Å². The van der Waals surface area contributed by atoms with Gasteiger partial charge in [0.05, 0.1) is 12.8 Å². The van der Waals surface area contributed by atoms with Gasteiger partial charge in [-0.25, -0.2) is 0 Å². The van der Waals surface area contributed by atoms with E-state index in [2.05, 4.69) is 55.4 Å². The van der Waals surface area contributed by atoms with Crippen molar-refractivity contribution in [2.24, 2.45) is 4.99 Å². The van der Waals surface area contributed by atoms with E-state index in [4.69, 9.17) is 4.42 Å². The van der Waals surface area contributed by atoms with Crippen LogP contribution in [0.25, 0.3) is 0 Å². The maximum atomic E-state index is 5.31. The van der Waals surface area contributed by atoms with Crippen LogP contribution in [0.3, 0.4) is 0 Å². The normalized spacial score (nSPS) is 12.8. The first kappa shape index (κ1) is 16.6. The van der Waals surface area contributed by atoms with Crippen LogP contribution in [-0.4, -0.2) is 50.1 Å². The van der Waals surface area contributed by atoms with Crippen molar-refractivity contribution in [3.8, 4) is 0 Å². The summed E-state index contributed by atoms with van der Waals surface area (Å²) >= 11 is 0. The van der Waals surface area contributed by atoms with Gasteiger partial charge in [0, 0.05) is 25.0 Å². The van der Waals surface area contributed by atoms with Crippen LogP contribution in [-0.2, 0) is 6.42 Å². The van der Waals surface area contributed by atoms with Gasteiger partial charge in [0.15, 0.2) is 5.96 Å². The molecular weight excluding hydrogens is 252 g/mol. The highest BCUT2D eigenvalue weighted by Gasteiger charge is 2.19. The first-order chi connectivity index (χ1) is 9.45. The Labute approximate surface area is 122 Å². The van der Waals surface area contributed by atoms with Crippen LogP contribution in [0.1, 0.15) is 26.5 Å². The van der Waals surface area contributed by atoms with Crippen LogP contribution < -0.4 is 10.6 Å². The average Bonchev–Trinajstić information content (AvgIpc) is 2.89. The Morgan fingerprint density at radius 2 is 2.10 bits per heavy atom. The summed E-state index contributed by atoms with van der Waals surface area (Å²) in [6.45, 7) is 8.85. The number of rotatable bonds is 7. The molecule has 0 aromatic carbocycles. The summed E-state index contributed by atoms with van der Waals surface area (Å²) in [5.41, 5.74) is 0.0450. The number of aliphatic imine (C=N–C) groups is 1. The van der Waals surface area contributed by atoms with Gasteiger partial charge in [-0.3, -0.25) is 4.99 Å². The second kappa shape index (κ2) is 7.94. The Kier molecular flexibility index (Phi) is 6.58. The van der Waals surface area contributed by atoms with Gasteiger partial charge in [0.2, 0.25) is 0 Å². The van der Waals surface area contributed by atoms with Gasteiger partial charge in [0.25, 0.3) is 0 Å². The first-order valence-corrected chi connectivity index (χ1v) is 7.17. The Balaban J connectivity index is 2.46. The molecule has 0 radical (unpaired) electrons. The van der Waals surface area contributed by atoms with Crippen LogP contribution >= 0.6 is 0 Å². The van der Waals surface area contributed by atoms with Crippen LogP contribution in [0, 0.1) is 0 Å². The van der Waals surface area contributed by atoms with E-state index >= 15 is 0 Å². The minimum absolute atomic E-state index is 0.0450. The molecule has 5 heteroatoms. The van der Waals surface area contributed by atoms with E-state index in [0.29, 0.717) is 0 Å². The van der Waals surface area contributed by atoms with E-state index in [1.165, 1.54) is 0 Å². The third-order valence-corrected chi connectivity index (χ3v) is 3.42. The summed E-state index contributed by atoms with van der Waals surface area (Å²) in [6, 6.07) is 3.90. The Morgan fingerprint density at radius 1 is 1.35 bits per heavy atom. The lowest BCUT2D eigenvalue weighted by Crippen LogP contribution is -2.44. The van der Waals surface area contributed by atoms with E-state index in [9.17, 15) is 0 Å². The van der Waals surface area contributed by atoms with Gasteiger partial charge >= 0.3 is 0 Å². The number of hydrogen-bond acceptors (Lipinski definition) is 3. The number of nitrogens with zero attached hydrogens (tertiary/aromatic N) is 2. The monoisotopic (exact) mass is 280 g/mol. The lowest BCUT2D eigenvalue weighted by molar-refractivity contribution is 0.204. The molecule has 0 bridgehead atoms. The molecule has 1 aromatic rings. The Hall–Kier alpha value is -1.49. The van der Waals surface area contributed by atoms with Crippen molar-refractivity contribution in [3.63, 3.8) is 0 Å². The van der Waals surface area contributed by atoms with Crippen LogP contribution in [0.2, 0.25) is 0 Å². The quantitative estimate of drug-likeness (QED) is 0.590. The Bertz CT molecular complexity index is 396. The molecule has 0 saturated heterocycles. The second-order valence-corrected chi connectivity index (χ2v) is 5.66. The zero-order valence-electron chi connectivity index (χ0n) is 13.4. The molecule has 0 spiro atoms. The largest absolute Gasteiger partial charge is 0.469 e. The van der Waals surface area contributed by atoms with Gasteiger partial charge in [0.1, 0.15) is 5.76 Å². The van der Waals surface area contributed by atoms with Crippen LogP contribution in [0.4, 0.5) is 0 Å². The van der Waals surface area contributed by atoms with E-state index in [1.54, 1.807) is 6.26 Å². The van der Waals surface area contributed by atoms with Gasteiger partial charge in [-0.05, 0) is 47.0 Å². The molecular formula is C15H28N4O. The van der Waals surface area contributed by atoms with Gasteiger partial charge in [-0.15, -0.1) is 0 Å². The van der Waals surface area contributed by atoms with Crippen molar-refractivity contribution >= 4 is 5.96 Å². The molecule has 20 heavy (non-hydrogen) atoms. The second-order valence-electron chi connectivity index (χ2n) is 5.66. The maximum Gasteiger partial charge on any atom is 0.191 e. The molecule has 5 nitrogen and oxygen atoms in total. The highest BCUT2D eigenvalue weighted by Crippen LogP contribution is 2.09. The maximum absolute atomic E-state index is 5.31. The number of hydrogen-bond donors (Lipinski definition) is 2. The zero-order valence-corrected chi connectivity index (χ0v) is 13.4. The summed E-state index contributed by atoms with van der Waals surface area (Å²) in [7, 11) is 4.15. The predicted molar refractivity (Wildman–Crippen MR) is 84.2 cm³/mol. The van der Waals surface area contributed by atoms with Crippen LogP contribution in [0.5, 0.6) is 0 Å². The van der Waals surface area contributed by atoms with E-state index in [-0.39, 0.29) is 5.54 Å². The zero-order chi connectivity index (χ0) is 15.0. The molecule has 2 N–H and O–H groups in total. The van der Waals surface area contributed by atoms with Gasteiger partial charge in [-0.2, -0.15) is 0 Å². The Morgan fingerprint density at radius 3 is 2.65 bits per heavy atom. The van der Waals surface area contributed by atoms with E-state index in [0.717, 1.165) is 37.8 Å². The highest BCUT2D eigenvalue weighted by atomic mass is 16.3. The fourth-order valence-corrected chi connectivity index (χ4v) is 1.51. The topological polar surface area (TPSA) is 52.8 Å².